The monoisotopic (exact) mass is 314 g/mol. The van der Waals surface area contributed by atoms with Gasteiger partial charge in [-0.1, -0.05) is 65.6 Å². The average Bonchev–Trinajstić information content (AvgIpc) is 2.44. The Morgan fingerprint density at radius 3 is 2.38 bits per heavy atom. The van der Waals surface area contributed by atoms with Gasteiger partial charge < -0.3 is 0 Å². The van der Waals surface area contributed by atoms with Crippen LogP contribution in [0.25, 0.3) is 0 Å². The lowest BCUT2D eigenvalue weighted by molar-refractivity contribution is 0.784. The van der Waals surface area contributed by atoms with Gasteiger partial charge in [-0.25, -0.2) is 0 Å². The number of benzene rings is 2. The van der Waals surface area contributed by atoms with E-state index in [2.05, 4.69) is 69.8 Å². The van der Waals surface area contributed by atoms with E-state index in [1.165, 1.54) is 41.1 Å². The summed E-state index contributed by atoms with van der Waals surface area (Å²) in [7, 11) is -0.225. The second-order valence-electron chi connectivity index (χ2n) is 6.06. The first kappa shape index (κ1) is 16.4. The third-order valence-electron chi connectivity index (χ3n) is 3.93. The molecule has 0 aromatic heterocycles. The normalized spacial score (nSPS) is 11.4. The van der Waals surface area contributed by atoms with Gasteiger partial charge in [0.15, 0.2) is 0 Å². The molecule has 2 rings (SSSR count). The Morgan fingerprint density at radius 1 is 1.00 bits per heavy atom. The van der Waals surface area contributed by atoms with Gasteiger partial charge in [0.1, 0.15) is 0 Å². The van der Waals surface area contributed by atoms with Gasteiger partial charge in [0.05, 0.1) is 9.52 Å². The van der Waals surface area contributed by atoms with E-state index < -0.39 is 0 Å². The van der Waals surface area contributed by atoms with Crippen LogP contribution in [-0.4, -0.2) is 9.52 Å². The van der Waals surface area contributed by atoms with Gasteiger partial charge in [0.2, 0.25) is 0 Å². The standard InChI is InChI=1S/C19H26SSi/c1-4-5-6-17-12-16(7-8-19(17)20)13-21-18-10-14(2)9-15(3)11-18/h7-12,20H,4-6,13,21H2,1-3H3. The molecular formula is C19H26SSi. The van der Waals surface area contributed by atoms with Crippen molar-refractivity contribution >= 4 is 27.3 Å². The Balaban J connectivity index is 2.05. The summed E-state index contributed by atoms with van der Waals surface area (Å²) >= 11 is 4.59. The zero-order valence-corrected chi connectivity index (χ0v) is 15.8. The highest BCUT2D eigenvalue weighted by Gasteiger charge is 2.03. The SMILES string of the molecule is CCCCc1cc(C[SiH2]c2cc(C)cc(C)c2)ccc1S. The van der Waals surface area contributed by atoms with Crippen LogP contribution in [-0.2, 0) is 12.5 Å². The topological polar surface area (TPSA) is 0 Å². The molecular weight excluding hydrogens is 288 g/mol. The van der Waals surface area contributed by atoms with Crippen LogP contribution in [0.2, 0.25) is 0 Å². The van der Waals surface area contributed by atoms with Crippen molar-refractivity contribution in [3.05, 3.63) is 58.7 Å². The molecule has 112 valence electrons. The molecule has 0 unspecified atom stereocenters. The van der Waals surface area contributed by atoms with E-state index in [0.717, 1.165) is 11.3 Å². The summed E-state index contributed by atoms with van der Waals surface area (Å²) in [5.41, 5.74) is 5.70. The van der Waals surface area contributed by atoms with Crippen LogP contribution in [0.1, 0.15) is 42.0 Å². The molecule has 2 aromatic carbocycles. The zero-order chi connectivity index (χ0) is 15.2. The van der Waals surface area contributed by atoms with Crippen LogP contribution >= 0.6 is 12.6 Å². The van der Waals surface area contributed by atoms with Gasteiger partial charge >= 0.3 is 0 Å². The van der Waals surface area contributed by atoms with Crippen LogP contribution in [0.15, 0.2) is 41.3 Å². The number of hydrogen-bond acceptors (Lipinski definition) is 1. The molecule has 0 bridgehead atoms. The highest BCUT2D eigenvalue weighted by molar-refractivity contribution is 7.80. The number of rotatable bonds is 6. The molecule has 2 heteroatoms. The Kier molecular flexibility index (Phi) is 6.13. The molecule has 0 atom stereocenters. The minimum absolute atomic E-state index is 0.225. The fraction of sp³-hybridized carbons (Fsp3) is 0.368. The molecule has 0 heterocycles. The average molecular weight is 315 g/mol. The summed E-state index contributed by atoms with van der Waals surface area (Å²) in [4.78, 5) is 1.15. The lowest BCUT2D eigenvalue weighted by Crippen LogP contribution is -2.17. The quantitative estimate of drug-likeness (QED) is 0.606. The molecule has 0 aliphatic carbocycles. The predicted molar refractivity (Wildman–Crippen MR) is 100 cm³/mol. The van der Waals surface area contributed by atoms with Crippen molar-refractivity contribution < 1.29 is 0 Å². The molecule has 0 N–H and O–H groups in total. The second kappa shape index (κ2) is 7.86. The molecule has 0 fully saturated rings. The van der Waals surface area contributed by atoms with Gasteiger partial charge in [0, 0.05) is 4.90 Å². The number of aryl methyl sites for hydroxylation is 3. The lowest BCUT2D eigenvalue weighted by Gasteiger charge is -2.09. The van der Waals surface area contributed by atoms with Crippen molar-refractivity contribution in [3.63, 3.8) is 0 Å². The first-order valence-electron chi connectivity index (χ1n) is 7.96. The molecule has 21 heavy (non-hydrogen) atoms. The van der Waals surface area contributed by atoms with Crippen molar-refractivity contribution in [1.29, 1.82) is 0 Å². The molecule has 2 aromatic rings. The van der Waals surface area contributed by atoms with Crippen molar-refractivity contribution in [2.24, 2.45) is 0 Å². The Labute approximate surface area is 137 Å². The van der Waals surface area contributed by atoms with Crippen LogP contribution in [0.3, 0.4) is 0 Å². The van der Waals surface area contributed by atoms with Crippen LogP contribution in [0.5, 0.6) is 0 Å². The number of hydrogen-bond donors (Lipinski definition) is 1. The first-order chi connectivity index (χ1) is 10.1. The molecule has 0 spiro atoms. The van der Waals surface area contributed by atoms with Gasteiger partial charge in [-0.3, -0.25) is 0 Å². The fourth-order valence-corrected chi connectivity index (χ4v) is 4.94. The summed E-state index contributed by atoms with van der Waals surface area (Å²) < 4.78 is 0. The summed E-state index contributed by atoms with van der Waals surface area (Å²) in [5, 5.41) is 1.58. The van der Waals surface area contributed by atoms with E-state index in [4.69, 9.17) is 0 Å². The minimum Gasteiger partial charge on any atom is -0.143 e. The van der Waals surface area contributed by atoms with Crippen LogP contribution in [0.4, 0.5) is 0 Å². The number of thiol groups is 1. The molecule has 0 amide bonds. The number of unbranched alkanes of at least 4 members (excludes halogenated alkanes) is 1. The maximum absolute atomic E-state index is 4.59. The van der Waals surface area contributed by atoms with Crippen molar-refractivity contribution in [1.82, 2.24) is 0 Å². The van der Waals surface area contributed by atoms with E-state index in [1.54, 1.807) is 5.19 Å². The molecule has 0 saturated heterocycles. The molecule has 0 saturated carbocycles. The van der Waals surface area contributed by atoms with E-state index in [9.17, 15) is 0 Å². The van der Waals surface area contributed by atoms with Gasteiger partial charge in [-0.2, -0.15) is 0 Å². The van der Waals surface area contributed by atoms with Crippen molar-refractivity contribution in [2.45, 2.75) is 51.0 Å². The molecule has 0 aliphatic heterocycles. The first-order valence-corrected chi connectivity index (χ1v) is 10.1. The Morgan fingerprint density at radius 2 is 1.71 bits per heavy atom. The predicted octanol–water partition coefficient (Wildman–Crippen LogP) is 3.93. The third kappa shape index (κ3) is 5.05. The van der Waals surface area contributed by atoms with Crippen LogP contribution in [0, 0.1) is 13.8 Å². The van der Waals surface area contributed by atoms with Crippen LogP contribution < -0.4 is 5.19 Å². The highest BCUT2D eigenvalue weighted by atomic mass is 32.1. The molecule has 0 radical (unpaired) electrons. The van der Waals surface area contributed by atoms with Gasteiger partial charge in [-0.15, -0.1) is 12.6 Å². The largest absolute Gasteiger partial charge is 0.143 e. The Hall–Kier alpha value is -0.993. The van der Waals surface area contributed by atoms with Crippen molar-refractivity contribution in [2.75, 3.05) is 0 Å². The fourth-order valence-electron chi connectivity index (χ4n) is 2.86. The van der Waals surface area contributed by atoms with E-state index in [-0.39, 0.29) is 9.52 Å². The smallest absolute Gasteiger partial charge is 0.0590 e. The Bertz CT molecular complexity index is 584. The van der Waals surface area contributed by atoms with Gasteiger partial charge in [0.25, 0.3) is 0 Å². The maximum Gasteiger partial charge on any atom is 0.0590 e. The second-order valence-corrected chi connectivity index (χ2v) is 8.36. The third-order valence-corrected chi connectivity index (χ3v) is 6.18. The summed E-state index contributed by atoms with van der Waals surface area (Å²) in [6, 6.07) is 15.1. The summed E-state index contributed by atoms with van der Waals surface area (Å²) in [6.45, 7) is 6.64. The molecule has 0 nitrogen and oxygen atoms in total. The maximum atomic E-state index is 4.59. The van der Waals surface area contributed by atoms with E-state index in [1.807, 2.05) is 0 Å². The van der Waals surface area contributed by atoms with Gasteiger partial charge in [-0.05, 0) is 44.4 Å². The zero-order valence-electron chi connectivity index (χ0n) is 13.4. The van der Waals surface area contributed by atoms with Crippen molar-refractivity contribution in [3.8, 4) is 0 Å². The summed E-state index contributed by atoms with van der Waals surface area (Å²) in [6.07, 6.45) is 3.66. The minimum atomic E-state index is -0.225. The highest BCUT2D eigenvalue weighted by Crippen LogP contribution is 2.18. The molecule has 0 aliphatic rings. The van der Waals surface area contributed by atoms with E-state index in [0.29, 0.717) is 0 Å². The van der Waals surface area contributed by atoms with E-state index >= 15 is 0 Å². The summed E-state index contributed by atoms with van der Waals surface area (Å²) in [5.74, 6) is 0. The lowest BCUT2D eigenvalue weighted by atomic mass is 10.1.